The van der Waals surface area contributed by atoms with Gasteiger partial charge in [0.05, 0.1) is 28.7 Å². The van der Waals surface area contributed by atoms with Gasteiger partial charge >= 0.3 is 5.97 Å². The SMILES string of the molecule is O=C(OC(=Cc1nc2ccccc2n1CCOc1ccccc1)c1ccccc1F)c1ccccc1F. The summed E-state index contributed by atoms with van der Waals surface area (Å²) in [6.45, 7) is 0.766. The van der Waals surface area contributed by atoms with Crippen LogP contribution in [0.4, 0.5) is 8.78 Å². The van der Waals surface area contributed by atoms with Gasteiger partial charge in [-0.3, -0.25) is 0 Å². The zero-order chi connectivity index (χ0) is 25.6. The molecule has 0 aliphatic heterocycles. The Bertz CT molecular complexity index is 1580. The van der Waals surface area contributed by atoms with E-state index >= 15 is 0 Å². The van der Waals surface area contributed by atoms with Gasteiger partial charge in [0, 0.05) is 6.08 Å². The number of carbonyl (C=O) groups excluding carboxylic acids is 1. The maximum atomic E-state index is 14.8. The van der Waals surface area contributed by atoms with Crippen molar-refractivity contribution in [1.82, 2.24) is 9.55 Å². The third-order valence-electron chi connectivity index (χ3n) is 5.71. The molecule has 0 aliphatic carbocycles. The van der Waals surface area contributed by atoms with Crippen molar-refractivity contribution in [2.45, 2.75) is 6.54 Å². The Morgan fingerprint density at radius 1 is 0.784 bits per heavy atom. The first-order valence-electron chi connectivity index (χ1n) is 11.7. The lowest BCUT2D eigenvalue weighted by molar-refractivity contribution is 0.0688. The van der Waals surface area contributed by atoms with E-state index in [0.29, 0.717) is 24.5 Å². The van der Waals surface area contributed by atoms with Crippen LogP contribution in [0.2, 0.25) is 0 Å². The number of aromatic nitrogens is 2. The van der Waals surface area contributed by atoms with Crippen LogP contribution in [0.15, 0.2) is 103 Å². The molecule has 5 aromatic rings. The average Bonchev–Trinajstić information content (AvgIpc) is 3.26. The quantitative estimate of drug-likeness (QED) is 0.176. The van der Waals surface area contributed by atoms with E-state index in [9.17, 15) is 13.6 Å². The number of halogens is 2. The second-order valence-corrected chi connectivity index (χ2v) is 8.13. The van der Waals surface area contributed by atoms with Crippen molar-refractivity contribution in [2.24, 2.45) is 0 Å². The molecule has 1 aromatic heterocycles. The Balaban J connectivity index is 1.54. The topological polar surface area (TPSA) is 53.3 Å². The van der Waals surface area contributed by atoms with Gasteiger partial charge in [-0.05, 0) is 48.5 Å². The maximum Gasteiger partial charge on any atom is 0.346 e. The minimum absolute atomic E-state index is 0.0475. The molecule has 1 heterocycles. The van der Waals surface area contributed by atoms with Gasteiger partial charge in [0.15, 0.2) is 0 Å². The van der Waals surface area contributed by atoms with E-state index in [1.165, 1.54) is 42.5 Å². The molecule has 0 saturated heterocycles. The van der Waals surface area contributed by atoms with Gasteiger partial charge in [-0.1, -0.05) is 54.6 Å². The molecule has 4 aromatic carbocycles. The molecule has 5 rings (SSSR count). The van der Waals surface area contributed by atoms with Crippen LogP contribution in [-0.2, 0) is 11.3 Å². The second kappa shape index (κ2) is 10.9. The number of rotatable bonds is 8. The van der Waals surface area contributed by atoms with Crippen LogP contribution in [-0.4, -0.2) is 22.1 Å². The molecule has 0 unspecified atom stereocenters. The van der Waals surface area contributed by atoms with Gasteiger partial charge in [0.25, 0.3) is 0 Å². The molecule has 0 saturated carbocycles. The highest BCUT2D eigenvalue weighted by molar-refractivity contribution is 5.95. The van der Waals surface area contributed by atoms with Crippen LogP contribution in [0, 0.1) is 11.6 Å². The first-order valence-corrected chi connectivity index (χ1v) is 11.7. The van der Waals surface area contributed by atoms with E-state index in [4.69, 9.17) is 9.47 Å². The number of ether oxygens (including phenoxy) is 2. The number of fused-ring (bicyclic) bond motifs is 1. The number of nitrogens with zero attached hydrogens (tertiary/aromatic N) is 2. The summed E-state index contributed by atoms with van der Waals surface area (Å²) < 4.78 is 42.4. The number of imidazole rings is 1. The van der Waals surface area contributed by atoms with Crippen molar-refractivity contribution in [3.8, 4) is 5.75 Å². The number of hydrogen-bond acceptors (Lipinski definition) is 4. The molecule has 0 bridgehead atoms. The van der Waals surface area contributed by atoms with Gasteiger partial charge in [-0.15, -0.1) is 0 Å². The fraction of sp³-hybridized carbons (Fsp3) is 0.0667. The zero-order valence-electron chi connectivity index (χ0n) is 19.7. The molecule has 0 N–H and O–H groups in total. The van der Waals surface area contributed by atoms with Crippen LogP contribution in [0.1, 0.15) is 21.7 Å². The third kappa shape index (κ3) is 5.41. The molecule has 5 nitrogen and oxygen atoms in total. The molecule has 0 atom stereocenters. The Kier molecular flexibility index (Phi) is 7.03. The summed E-state index contributed by atoms with van der Waals surface area (Å²) in [5, 5.41) is 0. The van der Waals surface area contributed by atoms with Crippen LogP contribution in [0.5, 0.6) is 5.75 Å². The van der Waals surface area contributed by atoms with Crippen LogP contribution in [0.3, 0.4) is 0 Å². The molecule has 7 heteroatoms. The Morgan fingerprint density at radius 3 is 2.14 bits per heavy atom. The minimum Gasteiger partial charge on any atom is -0.492 e. The lowest BCUT2D eigenvalue weighted by Crippen LogP contribution is -2.11. The number of hydrogen-bond donors (Lipinski definition) is 0. The molecule has 37 heavy (non-hydrogen) atoms. The summed E-state index contributed by atoms with van der Waals surface area (Å²) in [5.74, 6) is -1.20. The molecule has 0 aliphatic rings. The first-order chi connectivity index (χ1) is 18.1. The molecule has 0 radical (unpaired) electrons. The summed E-state index contributed by atoms with van der Waals surface area (Å²) in [5.41, 5.74) is 1.33. The van der Waals surface area contributed by atoms with Crippen molar-refractivity contribution < 1.29 is 23.0 Å². The van der Waals surface area contributed by atoms with E-state index in [1.807, 2.05) is 59.2 Å². The molecular weight excluding hydrogens is 474 g/mol. The van der Waals surface area contributed by atoms with Crippen molar-refractivity contribution in [3.63, 3.8) is 0 Å². The number of para-hydroxylation sites is 3. The standard InChI is InChI=1S/C30H22F2N2O3/c31-24-14-6-4-12-22(24)28(37-30(35)23-13-5-7-15-25(23)32)20-29-33-26-16-8-9-17-27(26)34(29)18-19-36-21-10-2-1-3-11-21/h1-17,20H,18-19H2. The highest BCUT2D eigenvalue weighted by Gasteiger charge is 2.20. The number of carbonyl (C=O) groups is 1. The Labute approximate surface area is 212 Å². The van der Waals surface area contributed by atoms with Crippen molar-refractivity contribution >= 4 is 28.8 Å². The summed E-state index contributed by atoms with van der Waals surface area (Å²) in [7, 11) is 0. The van der Waals surface area contributed by atoms with Crippen molar-refractivity contribution in [1.29, 1.82) is 0 Å². The monoisotopic (exact) mass is 496 g/mol. The highest BCUT2D eigenvalue weighted by Crippen LogP contribution is 2.26. The van der Waals surface area contributed by atoms with Crippen LogP contribution in [0.25, 0.3) is 22.9 Å². The van der Waals surface area contributed by atoms with Gasteiger partial charge in [-0.25, -0.2) is 18.6 Å². The van der Waals surface area contributed by atoms with E-state index < -0.39 is 17.6 Å². The van der Waals surface area contributed by atoms with Gasteiger partial charge < -0.3 is 14.0 Å². The predicted molar refractivity (Wildman–Crippen MR) is 138 cm³/mol. The smallest absolute Gasteiger partial charge is 0.346 e. The Morgan fingerprint density at radius 2 is 1.41 bits per heavy atom. The number of benzene rings is 4. The summed E-state index contributed by atoms with van der Waals surface area (Å²) in [4.78, 5) is 17.5. The van der Waals surface area contributed by atoms with Gasteiger partial charge in [0.1, 0.15) is 35.6 Å². The summed E-state index contributed by atoms with van der Waals surface area (Å²) in [6, 6.07) is 28.3. The van der Waals surface area contributed by atoms with Gasteiger partial charge in [0.2, 0.25) is 0 Å². The number of esters is 1. The lowest BCUT2D eigenvalue weighted by atomic mass is 10.1. The average molecular weight is 497 g/mol. The highest BCUT2D eigenvalue weighted by atomic mass is 19.1. The molecular formula is C30H22F2N2O3. The van der Waals surface area contributed by atoms with Crippen LogP contribution >= 0.6 is 0 Å². The van der Waals surface area contributed by atoms with Crippen molar-refractivity contribution in [3.05, 3.63) is 132 Å². The van der Waals surface area contributed by atoms with E-state index in [2.05, 4.69) is 4.98 Å². The summed E-state index contributed by atoms with van der Waals surface area (Å²) >= 11 is 0. The molecule has 0 spiro atoms. The minimum atomic E-state index is -0.942. The van der Waals surface area contributed by atoms with E-state index in [-0.39, 0.29) is 16.9 Å². The van der Waals surface area contributed by atoms with Gasteiger partial charge in [-0.2, -0.15) is 0 Å². The molecule has 0 fully saturated rings. The molecule has 0 amide bonds. The van der Waals surface area contributed by atoms with Crippen LogP contribution < -0.4 is 4.74 Å². The molecule has 184 valence electrons. The zero-order valence-corrected chi connectivity index (χ0v) is 19.7. The Hall–Kier alpha value is -4.78. The maximum absolute atomic E-state index is 14.8. The lowest BCUT2D eigenvalue weighted by Gasteiger charge is -2.12. The van der Waals surface area contributed by atoms with E-state index in [0.717, 1.165) is 17.3 Å². The first kappa shape index (κ1) is 23.9. The second-order valence-electron chi connectivity index (χ2n) is 8.13. The predicted octanol–water partition coefficient (Wildman–Crippen LogP) is 6.75. The van der Waals surface area contributed by atoms with E-state index in [1.54, 1.807) is 6.07 Å². The van der Waals surface area contributed by atoms with Crippen molar-refractivity contribution in [2.75, 3.05) is 6.61 Å². The normalized spacial score (nSPS) is 11.5. The largest absolute Gasteiger partial charge is 0.492 e. The fourth-order valence-corrected chi connectivity index (χ4v) is 3.93. The summed E-state index contributed by atoms with van der Waals surface area (Å²) in [6.07, 6.45) is 1.49. The fourth-order valence-electron chi connectivity index (χ4n) is 3.93. The third-order valence-corrected chi connectivity index (χ3v) is 5.71.